The van der Waals surface area contributed by atoms with Gasteiger partial charge in [0.1, 0.15) is 5.60 Å². The molecule has 2 aliphatic rings. The fourth-order valence-corrected chi connectivity index (χ4v) is 2.05. The normalized spacial score (nSPS) is 25.8. The molecule has 0 aromatic rings. The van der Waals surface area contributed by atoms with Crippen molar-refractivity contribution < 1.29 is 14.3 Å². The summed E-state index contributed by atoms with van der Waals surface area (Å²) >= 11 is 0. The topological polar surface area (TPSA) is 50.8 Å². The second kappa shape index (κ2) is 4.82. The quantitative estimate of drug-likeness (QED) is 0.784. The SMILES string of the molecule is CC(C)(C)OC(=O)N1CC[C@H](NC2COC2)C1. The average Bonchev–Trinajstić information content (AvgIpc) is 2.56. The van der Waals surface area contributed by atoms with E-state index in [1.807, 2.05) is 20.8 Å². The Labute approximate surface area is 102 Å². The van der Waals surface area contributed by atoms with E-state index < -0.39 is 5.60 Å². The molecule has 17 heavy (non-hydrogen) atoms. The minimum atomic E-state index is -0.412. The lowest BCUT2D eigenvalue weighted by molar-refractivity contribution is -0.00986. The lowest BCUT2D eigenvalue weighted by Gasteiger charge is -2.30. The summed E-state index contributed by atoms with van der Waals surface area (Å²) in [5.74, 6) is 0. The smallest absolute Gasteiger partial charge is 0.410 e. The Bertz CT molecular complexity index is 284. The molecule has 98 valence electrons. The van der Waals surface area contributed by atoms with E-state index in [4.69, 9.17) is 9.47 Å². The second-order valence-electron chi connectivity index (χ2n) is 5.81. The Morgan fingerprint density at radius 3 is 2.59 bits per heavy atom. The van der Waals surface area contributed by atoms with Crippen LogP contribution in [0.5, 0.6) is 0 Å². The highest BCUT2D eigenvalue weighted by Crippen LogP contribution is 2.16. The predicted octanol–water partition coefficient (Wildman–Crippen LogP) is 0.984. The molecule has 2 saturated heterocycles. The second-order valence-corrected chi connectivity index (χ2v) is 5.81. The number of carbonyl (C=O) groups is 1. The van der Waals surface area contributed by atoms with Gasteiger partial charge in [-0.05, 0) is 27.2 Å². The number of ether oxygens (including phenoxy) is 2. The van der Waals surface area contributed by atoms with E-state index in [9.17, 15) is 4.79 Å². The molecule has 0 aliphatic carbocycles. The Hall–Kier alpha value is -0.810. The monoisotopic (exact) mass is 242 g/mol. The molecule has 0 radical (unpaired) electrons. The summed E-state index contributed by atoms with van der Waals surface area (Å²) in [6.07, 6.45) is 0.794. The Morgan fingerprint density at radius 2 is 2.06 bits per heavy atom. The van der Waals surface area contributed by atoms with E-state index >= 15 is 0 Å². The first-order valence-corrected chi connectivity index (χ1v) is 6.26. The Morgan fingerprint density at radius 1 is 1.35 bits per heavy atom. The maximum absolute atomic E-state index is 11.8. The number of nitrogens with one attached hydrogen (secondary N) is 1. The number of hydrogen-bond donors (Lipinski definition) is 1. The molecule has 0 unspecified atom stereocenters. The first kappa shape index (κ1) is 12.6. The van der Waals surface area contributed by atoms with Gasteiger partial charge in [0.05, 0.1) is 19.3 Å². The van der Waals surface area contributed by atoms with Gasteiger partial charge in [0.15, 0.2) is 0 Å². The van der Waals surface area contributed by atoms with Crippen molar-refractivity contribution in [1.82, 2.24) is 10.2 Å². The van der Waals surface area contributed by atoms with Crippen LogP contribution in [0.15, 0.2) is 0 Å². The van der Waals surface area contributed by atoms with Gasteiger partial charge in [0, 0.05) is 19.1 Å². The summed E-state index contributed by atoms with van der Waals surface area (Å²) in [4.78, 5) is 13.6. The predicted molar refractivity (Wildman–Crippen MR) is 64.0 cm³/mol. The summed E-state index contributed by atoms with van der Waals surface area (Å²) in [6, 6.07) is 0.856. The zero-order valence-corrected chi connectivity index (χ0v) is 10.9. The van der Waals surface area contributed by atoms with E-state index in [1.54, 1.807) is 4.90 Å². The van der Waals surface area contributed by atoms with Gasteiger partial charge < -0.3 is 19.7 Å². The van der Waals surface area contributed by atoms with Gasteiger partial charge in [0.25, 0.3) is 0 Å². The number of rotatable bonds is 2. The summed E-state index contributed by atoms with van der Waals surface area (Å²) < 4.78 is 10.5. The van der Waals surface area contributed by atoms with Gasteiger partial charge in [-0.15, -0.1) is 0 Å². The zero-order valence-electron chi connectivity index (χ0n) is 10.9. The number of amides is 1. The minimum Gasteiger partial charge on any atom is -0.444 e. The molecule has 0 aromatic heterocycles. The third kappa shape index (κ3) is 3.57. The molecule has 5 heteroatoms. The van der Waals surface area contributed by atoms with E-state index in [2.05, 4.69) is 5.32 Å². The molecule has 0 saturated carbocycles. The molecule has 0 aromatic carbocycles. The molecule has 0 bridgehead atoms. The third-order valence-electron chi connectivity index (χ3n) is 2.95. The van der Waals surface area contributed by atoms with Crippen LogP contribution < -0.4 is 5.32 Å². The number of carbonyl (C=O) groups excluding carboxylic acids is 1. The molecule has 2 heterocycles. The molecule has 1 atom stereocenters. The number of likely N-dealkylation sites (tertiary alicyclic amines) is 1. The molecule has 1 amide bonds. The summed E-state index contributed by atoms with van der Waals surface area (Å²) in [6.45, 7) is 8.78. The first-order valence-electron chi connectivity index (χ1n) is 6.26. The number of nitrogens with zero attached hydrogens (tertiary/aromatic N) is 1. The Balaban J connectivity index is 1.74. The van der Waals surface area contributed by atoms with Crippen LogP contribution in [-0.4, -0.2) is 55.0 Å². The van der Waals surface area contributed by atoms with Crippen LogP contribution in [0.25, 0.3) is 0 Å². The van der Waals surface area contributed by atoms with Crippen molar-refractivity contribution in [3.63, 3.8) is 0 Å². The third-order valence-corrected chi connectivity index (χ3v) is 2.95. The van der Waals surface area contributed by atoms with Gasteiger partial charge >= 0.3 is 6.09 Å². The maximum atomic E-state index is 11.8. The Kier molecular flexibility index (Phi) is 3.58. The van der Waals surface area contributed by atoms with Crippen molar-refractivity contribution in [3.8, 4) is 0 Å². The van der Waals surface area contributed by atoms with Gasteiger partial charge in [-0.2, -0.15) is 0 Å². The van der Waals surface area contributed by atoms with Crippen molar-refractivity contribution in [2.24, 2.45) is 0 Å². The minimum absolute atomic E-state index is 0.202. The molecular formula is C12H22N2O3. The van der Waals surface area contributed by atoms with E-state index in [-0.39, 0.29) is 6.09 Å². The molecule has 2 rings (SSSR count). The lowest BCUT2D eigenvalue weighted by atomic mass is 10.2. The van der Waals surface area contributed by atoms with E-state index in [0.717, 1.165) is 32.7 Å². The highest BCUT2D eigenvalue weighted by atomic mass is 16.6. The van der Waals surface area contributed by atoms with E-state index in [0.29, 0.717) is 12.1 Å². The lowest BCUT2D eigenvalue weighted by Crippen LogP contribution is -2.51. The van der Waals surface area contributed by atoms with Gasteiger partial charge in [-0.3, -0.25) is 0 Å². The van der Waals surface area contributed by atoms with Crippen molar-refractivity contribution in [3.05, 3.63) is 0 Å². The van der Waals surface area contributed by atoms with Crippen LogP contribution in [0, 0.1) is 0 Å². The molecule has 1 N–H and O–H groups in total. The van der Waals surface area contributed by atoms with Crippen LogP contribution in [0.1, 0.15) is 27.2 Å². The van der Waals surface area contributed by atoms with Gasteiger partial charge in [-0.1, -0.05) is 0 Å². The summed E-state index contributed by atoms with van der Waals surface area (Å²) in [7, 11) is 0. The van der Waals surface area contributed by atoms with Crippen LogP contribution in [0.2, 0.25) is 0 Å². The van der Waals surface area contributed by atoms with Crippen LogP contribution in [0.3, 0.4) is 0 Å². The average molecular weight is 242 g/mol. The van der Waals surface area contributed by atoms with Crippen LogP contribution in [-0.2, 0) is 9.47 Å². The first-order chi connectivity index (χ1) is 7.94. The molecule has 5 nitrogen and oxygen atoms in total. The number of hydrogen-bond acceptors (Lipinski definition) is 4. The van der Waals surface area contributed by atoms with Crippen molar-refractivity contribution in [2.75, 3.05) is 26.3 Å². The molecule has 2 aliphatic heterocycles. The largest absolute Gasteiger partial charge is 0.444 e. The van der Waals surface area contributed by atoms with Crippen molar-refractivity contribution in [1.29, 1.82) is 0 Å². The highest BCUT2D eigenvalue weighted by Gasteiger charge is 2.31. The van der Waals surface area contributed by atoms with Gasteiger partial charge in [-0.25, -0.2) is 4.79 Å². The van der Waals surface area contributed by atoms with Crippen LogP contribution in [0.4, 0.5) is 4.79 Å². The fraction of sp³-hybridized carbons (Fsp3) is 0.917. The molecule has 2 fully saturated rings. The van der Waals surface area contributed by atoms with Crippen molar-refractivity contribution >= 4 is 6.09 Å². The van der Waals surface area contributed by atoms with Crippen LogP contribution >= 0.6 is 0 Å². The van der Waals surface area contributed by atoms with Gasteiger partial charge in [0.2, 0.25) is 0 Å². The highest BCUT2D eigenvalue weighted by molar-refractivity contribution is 5.68. The standard InChI is InChI=1S/C12H22N2O3/c1-12(2,3)17-11(15)14-5-4-9(6-14)13-10-7-16-8-10/h9-10,13H,4-8H2,1-3H3/t9-/m0/s1. The molecular weight excluding hydrogens is 220 g/mol. The van der Waals surface area contributed by atoms with Crippen molar-refractivity contribution in [2.45, 2.75) is 44.9 Å². The zero-order chi connectivity index (χ0) is 12.5. The fourth-order valence-electron chi connectivity index (χ4n) is 2.05. The maximum Gasteiger partial charge on any atom is 0.410 e. The molecule has 0 spiro atoms. The summed E-state index contributed by atoms with van der Waals surface area (Å²) in [5, 5.41) is 3.49. The van der Waals surface area contributed by atoms with E-state index in [1.165, 1.54) is 0 Å². The summed E-state index contributed by atoms with van der Waals surface area (Å²) in [5.41, 5.74) is -0.412.